The number of rotatable bonds is 14. The number of non-ortho nitro benzene ring substituents is 1. The predicted molar refractivity (Wildman–Crippen MR) is 192 cm³/mol. The molecule has 0 spiro atoms. The second kappa shape index (κ2) is 16.7. The van der Waals surface area contributed by atoms with Crippen LogP contribution in [0.1, 0.15) is 0 Å². The van der Waals surface area contributed by atoms with Crippen LogP contribution in [0.3, 0.4) is 0 Å². The quantitative estimate of drug-likeness (QED) is 0.0358. The van der Waals surface area contributed by atoms with E-state index in [0.29, 0.717) is 6.07 Å². The Kier molecular flexibility index (Phi) is 13.0. The van der Waals surface area contributed by atoms with Gasteiger partial charge in [-0.1, -0.05) is 0 Å². The zero-order valence-electron chi connectivity index (χ0n) is 27.4. The van der Waals surface area contributed by atoms with Gasteiger partial charge in [0.1, 0.15) is 22.0 Å². The first-order valence-corrected chi connectivity index (χ1v) is 20.8. The van der Waals surface area contributed by atoms with Crippen LogP contribution < -0.4 is 10.6 Å². The predicted octanol–water partition coefficient (Wildman–Crippen LogP) is 3.98. The van der Waals surface area contributed by atoms with Crippen LogP contribution in [0, 0.1) is 10.1 Å². The number of azo groups is 1. The summed E-state index contributed by atoms with van der Waals surface area (Å²) >= 11 is 6.08. The van der Waals surface area contributed by atoms with E-state index in [1.165, 1.54) is 12.1 Å². The molecule has 57 heavy (non-hydrogen) atoms. The van der Waals surface area contributed by atoms with Crippen LogP contribution in [-0.4, -0.2) is 89.8 Å². The summed E-state index contributed by atoms with van der Waals surface area (Å²) in [5.41, 5.74) is -2.44. The Morgan fingerprint density at radius 3 is 2.00 bits per heavy atom. The summed E-state index contributed by atoms with van der Waals surface area (Å²) in [7, 11) is -19.3. The van der Waals surface area contributed by atoms with Crippen molar-refractivity contribution in [3.63, 3.8) is 0 Å². The van der Waals surface area contributed by atoms with Gasteiger partial charge in [0.05, 0.1) is 32.8 Å². The van der Waals surface area contributed by atoms with Gasteiger partial charge < -0.3 is 20.8 Å². The molecule has 4 aromatic carbocycles. The Balaban J connectivity index is 0.00000720. The van der Waals surface area contributed by atoms with Gasteiger partial charge >= 0.3 is 10.4 Å². The normalized spacial score (nSPS) is 12.4. The van der Waals surface area contributed by atoms with E-state index < -0.39 is 124 Å². The minimum Gasteiger partial charge on any atom is -0.506 e. The van der Waals surface area contributed by atoms with Crippen LogP contribution in [0.5, 0.6) is 11.5 Å². The number of nitro groups is 1. The maximum Gasteiger partial charge on any atom is 0.397 e. The molecule has 0 unspecified atom stereocenters. The van der Waals surface area contributed by atoms with Crippen molar-refractivity contribution in [2.75, 3.05) is 23.0 Å². The maximum atomic E-state index is 12.5. The summed E-state index contributed by atoms with van der Waals surface area (Å²) in [6.45, 7) is -0.862. The monoisotopic (exact) mass is 935 g/mol. The van der Waals surface area contributed by atoms with Crippen molar-refractivity contribution in [3.8, 4) is 11.5 Å². The summed E-state index contributed by atoms with van der Waals surface area (Å²) in [6.07, 6.45) is 0. The number of aromatic nitrogens is 3. The molecule has 0 aliphatic rings. The smallest absolute Gasteiger partial charge is 0.397 e. The maximum absolute atomic E-state index is 12.5. The molecule has 24 nitrogen and oxygen atoms in total. The minimum atomic E-state index is -5.31. The van der Waals surface area contributed by atoms with Crippen LogP contribution in [0.4, 0.5) is 40.3 Å². The molecule has 1 aromatic heterocycles. The molecule has 0 aliphatic carbocycles. The number of halogens is 1. The molecule has 7 N–H and O–H groups in total. The van der Waals surface area contributed by atoms with Gasteiger partial charge in [-0.25, -0.2) is 12.6 Å². The standard InChI is InChI=1S/C27H21ClN8O16S4.Co/c28-25-31-26(29-14-1-4-16(5-2-14)53(41,42)8-7-52-56(49,50)51)33-27(32-25)30-19-12-17(54(43,44)45)9-13-10-21(55(46,47)48)23(24(38)22(13)19)35-34-18-11-15(36(39)40)3-6-20(18)37;/h1-6,9-12,37-38H,7-8H2,(H,43,44,45)(H,46,47,48)(H,49,50,51)(H2,29,30,31,32,33);. The van der Waals surface area contributed by atoms with Crippen LogP contribution in [0.25, 0.3) is 10.8 Å². The number of hydrogen-bond acceptors (Lipinski definition) is 20. The Labute approximate surface area is 335 Å². The van der Waals surface area contributed by atoms with E-state index in [9.17, 15) is 63.1 Å². The molecule has 0 fully saturated rings. The third-order valence-electron chi connectivity index (χ3n) is 7.04. The van der Waals surface area contributed by atoms with Crippen LogP contribution in [0.2, 0.25) is 5.28 Å². The molecular formula is C27H21ClCoN8O16S4. The zero-order valence-corrected chi connectivity index (χ0v) is 32.5. The second-order valence-corrected chi connectivity index (χ2v) is 17.2. The Hall–Kier alpha value is -5.21. The number of hydrogen-bond donors (Lipinski definition) is 7. The fraction of sp³-hybridized carbons (Fsp3) is 0.0741. The Morgan fingerprint density at radius 2 is 1.42 bits per heavy atom. The summed E-state index contributed by atoms with van der Waals surface area (Å²) in [5, 5.41) is 43.7. The fourth-order valence-corrected chi connectivity index (χ4v) is 7.48. The number of anilines is 4. The van der Waals surface area contributed by atoms with E-state index in [1.807, 2.05) is 0 Å². The molecule has 1 radical (unpaired) electrons. The average Bonchev–Trinajstić information content (AvgIpc) is 3.06. The van der Waals surface area contributed by atoms with Crippen LogP contribution in [0.15, 0.2) is 85.6 Å². The second-order valence-electron chi connectivity index (χ2n) is 10.8. The Bertz CT molecular complexity index is 2910. The van der Waals surface area contributed by atoms with Gasteiger partial charge in [-0.15, -0.1) is 10.2 Å². The third-order valence-corrected chi connectivity index (χ3v) is 11.1. The number of aromatic hydroxyl groups is 2. The number of benzene rings is 4. The minimum absolute atomic E-state index is 0. The molecule has 0 saturated carbocycles. The van der Waals surface area contributed by atoms with Gasteiger partial charge in [-0.05, 0) is 65.5 Å². The van der Waals surface area contributed by atoms with E-state index in [1.54, 1.807) is 0 Å². The van der Waals surface area contributed by atoms with Crippen molar-refractivity contribution < 1.29 is 83.4 Å². The first-order valence-electron chi connectivity index (χ1n) is 14.5. The van der Waals surface area contributed by atoms with Crippen LogP contribution in [-0.2, 0) is 61.4 Å². The topological polar surface area (TPSA) is 378 Å². The molecule has 0 saturated heterocycles. The van der Waals surface area contributed by atoms with E-state index in [2.05, 4.69) is 40.0 Å². The number of nitrogens with one attached hydrogen (secondary N) is 2. The molecule has 0 aliphatic heterocycles. The molecule has 305 valence electrons. The number of nitrogens with zero attached hydrogens (tertiary/aromatic N) is 6. The first kappa shape index (κ1) is 44.5. The van der Waals surface area contributed by atoms with Gasteiger partial charge in [0.15, 0.2) is 15.6 Å². The van der Waals surface area contributed by atoms with Gasteiger partial charge in [-0.3, -0.25) is 23.8 Å². The van der Waals surface area contributed by atoms with Crippen molar-refractivity contribution in [2.24, 2.45) is 10.2 Å². The van der Waals surface area contributed by atoms with Crippen molar-refractivity contribution in [1.29, 1.82) is 0 Å². The summed E-state index contributed by atoms with van der Waals surface area (Å²) in [4.78, 5) is 19.9. The van der Waals surface area contributed by atoms with Gasteiger partial charge in [-0.2, -0.15) is 40.2 Å². The number of sulfone groups is 1. The fourth-order valence-electron chi connectivity index (χ4n) is 4.63. The van der Waals surface area contributed by atoms with Crippen molar-refractivity contribution in [3.05, 3.63) is 76.1 Å². The molecule has 0 amide bonds. The first-order chi connectivity index (χ1) is 25.9. The van der Waals surface area contributed by atoms with Gasteiger partial charge in [0, 0.05) is 40.0 Å². The van der Waals surface area contributed by atoms with Crippen molar-refractivity contribution in [1.82, 2.24) is 15.0 Å². The Morgan fingerprint density at radius 1 is 0.789 bits per heavy atom. The summed E-state index contributed by atoms with van der Waals surface area (Å²) < 4.78 is 128. The van der Waals surface area contributed by atoms with Gasteiger partial charge in [0.2, 0.25) is 17.2 Å². The molecule has 1 heterocycles. The van der Waals surface area contributed by atoms with Crippen molar-refractivity contribution in [2.45, 2.75) is 14.7 Å². The number of nitro benzene ring substituents is 1. The summed E-state index contributed by atoms with van der Waals surface area (Å²) in [6, 6.07) is 9.42. The van der Waals surface area contributed by atoms with Gasteiger partial charge in [0.25, 0.3) is 25.9 Å². The number of phenolic OH excluding ortho intramolecular Hbond substituents is 2. The molecule has 5 aromatic rings. The molecule has 0 atom stereocenters. The van der Waals surface area contributed by atoms with E-state index >= 15 is 0 Å². The average molecular weight is 936 g/mol. The molecule has 5 rings (SSSR count). The zero-order chi connectivity index (χ0) is 41.4. The van der Waals surface area contributed by atoms with E-state index in [-0.39, 0.29) is 33.3 Å². The number of fused-ring (bicyclic) bond motifs is 1. The largest absolute Gasteiger partial charge is 0.506 e. The number of phenols is 2. The summed E-state index contributed by atoms with van der Waals surface area (Å²) in [5.74, 6) is -3.37. The van der Waals surface area contributed by atoms with E-state index in [4.69, 9.17) is 16.2 Å². The molecule has 0 bridgehead atoms. The molecule has 30 heteroatoms. The molecular weight excluding hydrogens is 915 g/mol. The van der Waals surface area contributed by atoms with E-state index in [0.717, 1.165) is 42.5 Å². The third kappa shape index (κ3) is 11.0. The van der Waals surface area contributed by atoms with Crippen LogP contribution >= 0.6 is 11.6 Å². The van der Waals surface area contributed by atoms with Crippen molar-refractivity contribution >= 4 is 103 Å². The SMILES string of the molecule is O=[N+]([O-])c1ccc(O)c(N=Nc2c(S(=O)(=O)O)cc3cc(S(=O)(=O)O)cc(Nc4nc(Cl)nc(Nc5ccc(S(=O)(=O)CCOS(=O)(=O)O)cc5)n4)c3c2O)c1.[Co].